The molecule has 1 aromatic carbocycles. The highest BCUT2D eigenvalue weighted by molar-refractivity contribution is 9.10. The van der Waals surface area contributed by atoms with Gasteiger partial charge in [-0.1, -0.05) is 5.21 Å². The molecule has 0 aliphatic heterocycles. The first-order chi connectivity index (χ1) is 9.11. The van der Waals surface area contributed by atoms with E-state index in [1.165, 1.54) is 10.7 Å². The van der Waals surface area contributed by atoms with E-state index < -0.39 is 4.92 Å². The van der Waals surface area contributed by atoms with Gasteiger partial charge in [0.05, 0.1) is 27.0 Å². The third kappa shape index (κ3) is 3.15. The summed E-state index contributed by atoms with van der Waals surface area (Å²) in [6.07, 6.45) is 3.33. The second-order valence-corrected chi connectivity index (χ2v) is 4.79. The van der Waals surface area contributed by atoms with Gasteiger partial charge in [0.2, 0.25) is 0 Å². The van der Waals surface area contributed by atoms with Crippen LogP contribution >= 0.6 is 15.9 Å². The smallest absolute Gasteiger partial charge is 0.285 e. The molecule has 0 atom stereocenters. The van der Waals surface area contributed by atoms with Crippen LogP contribution in [0.1, 0.15) is 12.1 Å². The maximum atomic E-state index is 10.9. The number of hydrogen-bond acceptors (Lipinski definition) is 5. The van der Waals surface area contributed by atoms with E-state index in [4.69, 9.17) is 5.73 Å². The van der Waals surface area contributed by atoms with Crippen molar-refractivity contribution < 1.29 is 4.92 Å². The van der Waals surface area contributed by atoms with Crippen molar-refractivity contribution in [1.82, 2.24) is 15.0 Å². The Kier molecular flexibility index (Phi) is 4.23. The normalized spacial score (nSPS) is 10.6. The van der Waals surface area contributed by atoms with E-state index in [1.807, 2.05) is 0 Å². The molecular formula is C11H12BrN5O2. The van der Waals surface area contributed by atoms with E-state index in [0.717, 1.165) is 18.5 Å². The predicted molar refractivity (Wildman–Crippen MR) is 73.1 cm³/mol. The Morgan fingerprint density at radius 2 is 2.26 bits per heavy atom. The first-order valence-corrected chi connectivity index (χ1v) is 6.46. The van der Waals surface area contributed by atoms with Crippen molar-refractivity contribution in [3.8, 4) is 5.69 Å². The highest BCUT2D eigenvalue weighted by Gasteiger charge is 2.13. The van der Waals surface area contributed by atoms with Crippen LogP contribution in [-0.2, 0) is 6.42 Å². The third-order valence-electron chi connectivity index (χ3n) is 2.57. The van der Waals surface area contributed by atoms with Crippen molar-refractivity contribution in [3.63, 3.8) is 0 Å². The molecule has 0 bridgehead atoms. The molecule has 0 saturated carbocycles. The second kappa shape index (κ2) is 5.89. The molecule has 19 heavy (non-hydrogen) atoms. The fraction of sp³-hybridized carbons (Fsp3) is 0.273. The minimum Gasteiger partial charge on any atom is -0.330 e. The Morgan fingerprint density at radius 1 is 1.47 bits per heavy atom. The van der Waals surface area contributed by atoms with Gasteiger partial charge in [0, 0.05) is 6.07 Å². The molecule has 1 heterocycles. The van der Waals surface area contributed by atoms with Gasteiger partial charge in [-0.3, -0.25) is 10.1 Å². The van der Waals surface area contributed by atoms with Crippen molar-refractivity contribution in [2.45, 2.75) is 12.8 Å². The van der Waals surface area contributed by atoms with Crippen molar-refractivity contribution in [3.05, 3.63) is 44.7 Å². The molecule has 0 radical (unpaired) electrons. The lowest BCUT2D eigenvalue weighted by atomic mass is 10.2. The minimum absolute atomic E-state index is 0.00323. The lowest BCUT2D eigenvalue weighted by molar-refractivity contribution is -0.385. The summed E-state index contributed by atoms with van der Waals surface area (Å²) >= 11 is 3.14. The molecule has 0 fully saturated rings. The van der Waals surface area contributed by atoms with E-state index in [9.17, 15) is 10.1 Å². The van der Waals surface area contributed by atoms with Crippen molar-refractivity contribution in [1.29, 1.82) is 0 Å². The monoisotopic (exact) mass is 325 g/mol. The molecule has 0 aliphatic rings. The zero-order valence-corrected chi connectivity index (χ0v) is 11.6. The quantitative estimate of drug-likeness (QED) is 0.667. The predicted octanol–water partition coefficient (Wildman–Crippen LogP) is 1.83. The molecule has 2 N–H and O–H groups in total. The highest BCUT2D eigenvalue weighted by atomic mass is 79.9. The molecule has 2 rings (SSSR count). The first kappa shape index (κ1) is 13.6. The minimum atomic E-state index is -0.445. The Balaban J connectivity index is 2.29. The van der Waals surface area contributed by atoms with Crippen LogP contribution < -0.4 is 5.73 Å². The topological polar surface area (TPSA) is 99.9 Å². The summed E-state index contributed by atoms with van der Waals surface area (Å²) in [5, 5.41) is 18.8. The fourth-order valence-corrected chi connectivity index (χ4v) is 2.00. The molecule has 100 valence electrons. The molecule has 0 saturated heterocycles. The maximum absolute atomic E-state index is 10.9. The third-order valence-corrected chi connectivity index (χ3v) is 3.24. The summed E-state index contributed by atoms with van der Waals surface area (Å²) in [5.41, 5.74) is 6.84. The number of hydrogen-bond donors (Lipinski definition) is 1. The van der Waals surface area contributed by atoms with E-state index in [1.54, 1.807) is 18.3 Å². The van der Waals surface area contributed by atoms with Crippen LogP contribution in [0.25, 0.3) is 5.69 Å². The molecule has 7 nitrogen and oxygen atoms in total. The van der Waals surface area contributed by atoms with Gasteiger partial charge in [-0.05, 0) is 47.4 Å². The number of aryl methyl sites for hydroxylation is 1. The molecule has 8 heteroatoms. The Morgan fingerprint density at radius 3 is 2.95 bits per heavy atom. The van der Waals surface area contributed by atoms with Crippen LogP contribution in [0.3, 0.4) is 0 Å². The summed E-state index contributed by atoms with van der Waals surface area (Å²) < 4.78 is 1.95. The Labute approximate surface area is 117 Å². The molecule has 0 amide bonds. The molecule has 2 aromatic rings. The van der Waals surface area contributed by atoms with E-state index in [2.05, 4.69) is 26.2 Å². The molecule has 0 unspecified atom stereocenters. The van der Waals surface area contributed by atoms with Gasteiger partial charge in [0.25, 0.3) is 5.69 Å². The number of nitro benzene ring substituents is 1. The van der Waals surface area contributed by atoms with Crippen LogP contribution in [-0.4, -0.2) is 26.5 Å². The summed E-state index contributed by atoms with van der Waals surface area (Å²) in [6.45, 7) is 0.594. The van der Waals surface area contributed by atoms with Crippen LogP contribution in [0.2, 0.25) is 0 Å². The number of nitrogens with two attached hydrogens (primary N) is 1. The average molecular weight is 326 g/mol. The largest absolute Gasteiger partial charge is 0.330 e. The van der Waals surface area contributed by atoms with E-state index in [-0.39, 0.29) is 5.69 Å². The number of halogens is 1. The SMILES string of the molecule is NCCCc1cn(-c2ccc(Br)c([N+](=O)[O-])c2)nn1. The van der Waals surface area contributed by atoms with Gasteiger partial charge in [-0.15, -0.1) is 5.10 Å². The van der Waals surface area contributed by atoms with Crippen LogP contribution in [0.4, 0.5) is 5.69 Å². The van der Waals surface area contributed by atoms with E-state index >= 15 is 0 Å². The van der Waals surface area contributed by atoms with Crippen molar-refractivity contribution in [2.24, 2.45) is 5.73 Å². The Bertz CT molecular complexity index is 599. The van der Waals surface area contributed by atoms with Gasteiger partial charge >= 0.3 is 0 Å². The maximum Gasteiger partial charge on any atom is 0.285 e. The summed E-state index contributed by atoms with van der Waals surface area (Å²) in [6, 6.07) is 4.80. The van der Waals surface area contributed by atoms with Crippen molar-refractivity contribution in [2.75, 3.05) is 6.54 Å². The zero-order valence-electron chi connectivity index (χ0n) is 9.99. The van der Waals surface area contributed by atoms with Gasteiger partial charge in [0.1, 0.15) is 0 Å². The molecule has 1 aromatic heterocycles. The molecule has 0 spiro atoms. The first-order valence-electron chi connectivity index (χ1n) is 5.67. The number of nitrogens with zero attached hydrogens (tertiary/aromatic N) is 4. The Hall–Kier alpha value is -1.80. The average Bonchev–Trinajstić information content (AvgIpc) is 2.85. The summed E-state index contributed by atoms with van der Waals surface area (Å²) in [4.78, 5) is 10.4. The number of aromatic nitrogens is 3. The standard InChI is InChI=1S/C11H12BrN5O2/c12-10-4-3-9(6-11(10)17(18)19)16-7-8(14-15-16)2-1-5-13/h3-4,6-7H,1-2,5,13H2. The van der Waals surface area contributed by atoms with Crippen LogP contribution in [0.15, 0.2) is 28.9 Å². The zero-order chi connectivity index (χ0) is 13.8. The number of benzene rings is 1. The van der Waals surface area contributed by atoms with E-state index in [0.29, 0.717) is 16.7 Å². The second-order valence-electron chi connectivity index (χ2n) is 3.94. The van der Waals surface area contributed by atoms with Gasteiger partial charge in [0.15, 0.2) is 0 Å². The van der Waals surface area contributed by atoms with Gasteiger partial charge in [-0.25, -0.2) is 4.68 Å². The van der Waals surface area contributed by atoms with Crippen LogP contribution in [0, 0.1) is 10.1 Å². The molecule has 0 aliphatic carbocycles. The van der Waals surface area contributed by atoms with Crippen molar-refractivity contribution >= 4 is 21.6 Å². The lowest BCUT2D eigenvalue weighted by Crippen LogP contribution is -2.00. The molecular weight excluding hydrogens is 314 g/mol. The highest BCUT2D eigenvalue weighted by Crippen LogP contribution is 2.26. The van der Waals surface area contributed by atoms with Crippen LogP contribution in [0.5, 0.6) is 0 Å². The summed E-state index contributed by atoms with van der Waals surface area (Å²) in [7, 11) is 0. The number of nitro groups is 1. The fourth-order valence-electron chi connectivity index (χ4n) is 1.61. The lowest BCUT2D eigenvalue weighted by Gasteiger charge is -2.01. The van der Waals surface area contributed by atoms with Gasteiger partial charge in [-0.2, -0.15) is 0 Å². The van der Waals surface area contributed by atoms with Gasteiger partial charge < -0.3 is 5.73 Å². The summed E-state index contributed by atoms with van der Waals surface area (Å²) in [5.74, 6) is 0. The number of rotatable bonds is 5.